The fraction of sp³-hybridized carbons (Fsp3) is 0.641. The van der Waals surface area contributed by atoms with Crippen molar-refractivity contribution in [2.75, 3.05) is 23.8 Å². The summed E-state index contributed by atoms with van der Waals surface area (Å²) in [6, 6.07) is 8.58. The quantitative estimate of drug-likeness (QED) is 0.221. The maximum absolute atomic E-state index is 14.4. The van der Waals surface area contributed by atoms with E-state index in [0.29, 0.717) is 18.0 Å². The SMILES string of the molecule is CC[C@H](C1CCC(C(=O)O)CC1)N(C)c1nc2c(c(N[C@@H](CN3C4CCCC3CC4)c3cn(C)nc3C)n1)C[C@H](c1cccc(F)c1)CC2. The van der Waals surface area contributed by atoms with Crippen LogP contribution < -0.4 is 10.2 Å². The molecule has 2 aliphatic heterocycles. The first kappa shape index (κ1) is 33.9. The summed E-state index contributed by atoms with van der Waals surface area (Å²) in [6.07, 6.45) is 15.3. The van der Waals surface area contributed by atoms with Crippen LogP contribution in [0, 0.1) is 24.6 Å². The second-order valence-electron chi connectivity index (χ2n) is 15.4. The lowest BCUT2D eigenvalue weighted by molar-refractivity contribution is -0.143. The fourth-order valence-electron chi connectivity index (χ4n) is 9.82. The van der Waals surface area contributed by atoms with Gasteiger partial charge in [-0.25, -0.2) is 9.37 Å². The summed E-state index contributed by atoms with van der Waals surface area (Å²) in [6.45, 7) is 5.23. The molecule has 10 heteroatoms. The molecule has 4 heterocycles. The molecule has 2 unspecified atom stereocenters. The number of anilines is 2. The Balaban J connectivity index is 1.24. The summed E-state index contributed by atoms with van der Waals surface area (Å²) >= 11 is 0. The Hall–Kier alpha value is -3.53. The molecule has 2 aliphatic carbocycles. The van der Waals surface area contributed by atoms with Gasteiger partial charge < -0.3 is 15.3 Å². The van der Waals surface area contributed by atoms with Crippen molar-refractivity contribution >= 4 is 17.7 Å². The Bertz CT molecular complexity index is 1620. The van der Waals surface area contributed by atoms with E-state index in [-0.39, 0.29) is 29.7 Å². The summed E-state index contributed by atoms with van der Waals surface area (Å²) in [5.74, 6) is 1.12. The molecular formula is C39H54FN7O2. The van der Waals surface area contributed by atoms with E-state index in [2.05, 4.69) is 42.2 Å². The highest BCUT2D eigenvalue weighted by molar-refractivity contribution is 5.70. The number of carbonyl (C=O) groups is 1. The Morgan fingerprint density at radius 1 is 1.08 bits per heavy atom. The van der Waals surface area contributed by atoms with Gasteiger partial charge in [-0.15, -0.1) is 0 Å². The van der Waals surface area contributed by atoms with Crippen LogP contribution >= 0.6 is 0 Å². The first-order chi connectivity index (χ1) is 23.7. The molecule has 9 nitrogen and oxygen atoms in total. The Morgan fingerprint density at radius 2 is 1.84 bits per heavy atom. The number of piperidine rings is 1. The van der Waals surface area contributed by atoms with Crippen molar-refractivity contribution in [3.05, 3.63) is 64.4 Å². The Labute approximate surface area is 290 Å². The zero-order valence-corrected chi connectivity index (χ0v) is 29.7. The molecule has 2 bridgehead atoms. The van der Waals surface area contributed by atoms with Gasteiger partial charge in [-0.05, 0) is 114 Å². The first-order valence-electron chi connectivity index (χ1n) is 18.8. The summed E-state index contributed by atoms with van der Waals surface area (Å²) in [5.41, 5.74) is 5.49. The van der Waals surface area contributed by atoms with Gasteiger partial charge in [-0.2, -0.15) is 10.1 Å². The maximum Gasteiger partial charge on any atom is 0.306 e. The predicted molar refractivity (Wildman–Crippen MR) is 190 cm³/mol. The molecule has 0 spiro atoms. The molecular weight excluding hydrogens is 617 g/mol. The van der Waals surface area contributed by atoms with E-state index < -0.39 is 5.97 Å². The number of benzene rings is 1. The number of carboxylic acids is 1. The summed E-state index contributed by atoms with van der Waals surface area (Å²) in [4.78, 5) is 27.3. The van der Waals surface area contributed by atoms with Gasteiger partial charge in [0.05, 0.1) is 23.3 Å². The lowest BCUT2D eigenvalue weighted by Crippen LogP contribution is -2.43. The lowest BCUT2D eigenvalue weighted by Gasteiger charge is -2.39. The van der Waals surface area contributed by atoms with E-state index in [1.165, 1.54) is 43.7 Å². The lowest BCUT2D eigenvalue weighted by atomic mass is 9.77. The number of rotatable bonds is 11. The number of aliphatic carboxylic acids is 1. The summed E-state index contributed by atoms with van der Waals surface area (Å²) in [7, 11) is 4.12. The Morgan fingerprint density at radius 3 is 2.49 bits per heavy atom. The summed E-state index contributed by atoms with van der Waals surface area (Å²) in [5, 5.41) is 18.4. The molecule has 2 aromatic heterocycles. The first-order valence-corrected chi connectivity index (χ1v) is 18.8. The van der Waals surface area contributed by atoms with Gasteiger partial charge in [-0.3, -0.25) is 14.4 Å². The molecule has 3 fully saturated rings. The number of carboxylic acid groups (broad SMARTS) is 1. The third-order valence-corrected chi connectivity index (χ3v) is 12.5. The number of nitrogens with zero attached hydrogens (tertiary/aromatic N) is 6. The average Bonchev–Trinajstić information content (AvgIpc) is 3.53. The van der Waals surface area contributed by atoms with Crippen molar-refractivity contribution in [1.29, 1.82) is 0 Å². The van der Waals surface area contributed by atoms with Crippen molar-refractivity contribution in [2.24, 2.45) is 18.9 Å². The van der Waals surface area contributed by atoms with Crippen molar-refractivity contribution in [2.45, 2.75) is 127 Å². The molecule has 0 amide bonds. The Kier molecular flexibility index (Phi) is 9.95. The van der Waals surface area contributed by atoms with Crippen molar-refractivity contribution < 1.29 is 14.3 Å². The van der Waals surface area contributed by atoms with Gasteiger partial charge >= 0.3 is 5.97 Å². The van der Waals surface area contributed by atoms with Crippen molar-refractivity contribution in [1.82, 2.24) is 24.6 Å². The van der Waals surface area contributed by atoms with Crippen LogP contribution in [0.15, 0.2) is 30.5 Å². The fourth-order valence-corrected chi connectivity index (χ4v) is 9.82. The topological polar surface area (TPSA) is 99.4 Å². The van der Waals surface area contributed by atoms with Crippen LogP contribution in [0.2, 0.25) is 0 Å². The summed E-state index contributed by atoms with van der Waals surface area (Å²) < 4.78 is 16.3. The maximum atomic E-state index is 14.4. The number of fused-ring (bicyclic) bond motifs is 3. The minimum Gasteiger partial charge on any atom is -0.481 e. The van der Waals surface area contributed by atoms with E-state index >= 15 is 0 Å². The van der Waals surface area contributed by atoms with Crippen LogP contribution in [0.5, 0.6) is 0 Å². The van der Waals surface area contributed by atoms with Crippen LogP contribution in [0.1, 0.15) is 118 Å². The van der Waals surface area contributed by atoms with E-state index in [9.17, 15) is 14.3 Å². The number of nitrogens with one attached hydrogen (secondary N) is 1. The standard InChI is InChI=1S/C39H54FN7O2/c1-5-36(25-12-14-26(15-13-25)38(48)49)46(4)39-42-34-19-16-28(27-8-6-9-29(40)20-27)21-32(34)37(43-39)41-35(33-22-45(3)44-24(33)2)23-47-30-10-7-11-31(47)18-17-30/h6,8-9,20,22,25-26,28,30-31,35-36H,5,7,10-19,21,23H2,1-4H3,(H,48,49)(H,41,42,43)/t25?,26?,28-,30?,31?,35+,36-/m1/s1. The zero-order valence-electron chi connectivity index (χ0n) is 29.7. The van der Waals surface area contributed by atoms with Crippen LogP contribution in [0.3, 0.4) is 0 Å². The van der Waals surface area contributed by atoms with Crippen LogP contribution in [0.25, 0.3) is 0 Å². The minimum atomic E-state index is -0.666. The number of aromatic nitrogens is 4. The van der Waals surface area contributed by atoms with E-state index in [4.69, 9.17) is 15.1 Å². The van der Waals surface area contributed by atoms with E-state index in [1.54, 1.807) is 6.07 Å². The molecule has 2 N–H and O–H groups in total. The van der Waals surface area contributed by atoms with Gasteiger partial charge in [0.2, 0.25) is 5.95 Å². The molecule has 7 rings (SSSR count). The number of halogens is 1. The van der Waals surface area contributed by atoms with Gasteiger partial charge in [0.25, 0.3) is 0 Å². The molecule has 1 aromatic carbocycles. The highest BCUT2D eigenvalue weighted by Gasteiger charge is 2.39. The molecule has 49 heavy (non-hydrogen) atoms. The van der Waals surface area contributed by atoms with Gasteiger partial charge in [0.1, 0.15) is 11.6 Å². The van der Waals surface area contributed by atoms with Gasteiger partial charge in [-0.1, -0.05) is 25.5 Å². The van der Waals surface area contributed by atoms with Crippen molar-refractivity contribution in [3.8, 4) is 0 Å². The number of aryl methyl sites for hydroxylation is 3. The van der Waals surface area contributed by atoms with Crippen LogP contribution in [-0.4, -0.2) is 67.4 Å². The molecule has 264 valence electrons. The number of hydrogen-bond donors (Lipinski definition) is 2. The van der Waals surface area contributed by atoms with E-state index in [1.807, 2.05) is 23.9 Å². The molecule has 5 atom stereocenters. The highest BCUT2D eigenvalue weighted by atomic mass is 19.1. The third kappa shape index (κ3) is 7.08. The predicted octanol–water partition coefficient (Wildman–Crippen LogP) is 7.21. The van der Waals surface area contributed by atoms with Crippen LogP contribution in [-0.2, 0) is 24.7 Å². The van der Waals surface area contributed by atoms with Gasteiger partial charge in [0, 0.05) is 56.1 Å². The molecule has 0 radical (unpaired) electrons. The van der Waals surface area contributed by atoms with E-state index in [0.717, 1.165) is 92.2 Å². The second-order valence-corrected chi connectivity index (χ2v) is 15.4. The minimum absolute atomic E-state index is 0.00914. The molecule has 2 saturated heterocycles. The molecule has 4 aliphatic rings. The zero-order chi connectivity index (χ0) is 34.2. The van der Waals surface area contributed by atoms with Crippen molar-refractivity contribution in [3.63, 3.8) is 0 Å². The highest BCUT2D eigenvalue weighted by Crippen LogP contribution is 2.41. The number of hydrogen-bond acceptors (Lipinski definition) is 7. The molecule has 3 aromatic rings. The molecule has 1 saturated carbocycles. The van der Waals surface area contributed by atoms with Crippen LogP contribution in [0.4, 0.5) is 16.2 Å². The smallest absolute Gasteiger partial charge is 0.306 e. The average molecular weight is 672 g/mol. The largest absolute Gasteiger partial charge is 0.481 e. The second kappa shape index (κ2) is 14.4. The monoisotopic (exact) mass is 671 g/mol. The third-order valence-electron chi connectivity index (χ3n) is 12.5. The normalized spacial score (nSPS) is 26.6. The van der Waals surface area contributed by atoms with Gasteiger partial charge in [0.15, 0.2) is 0 Å².